The fraction of sp³-hybridized carbons (Fsp3) is 0.0714. The molecule has 0 amide bonds. The molecule has 15 heavy (non-hydrogen) atoms. The molecular formula is C14H11Zr-. The van der Waals surface area contributed by atoms with Crippen molar-refractivity contribution in [2.45, 2.75) is 6.42 Å². The van der Waals surface area contributed by atoms with Gasteiger partial charge in [0.2, 0.25) is 0 Å². The molecule has 2 aromatic rings. The number of fused-ring (bicyclic) bond motifs is 1. The molecule has 2 aromatic carbocycles. The molecule has 0 saturated heterocycles. The topological polar surface area (TPSA) is 0 Å². The molecule has 1 aliphatic rings. The van der Waals surface area contributed by atoms with E-state index in [-0.39, 0.29) is 26.2 Å². The van der Waals surface area contributed by atoms with Crippen LogP contribution in [0, 0.1) is 0 Å². The molecule has 0 radical (unpaired) electrons. The van der Waals surface area contributed by atoms with Crippen LogP contribution in [0.25, 0.3) is 16.3 Å². The van der Waals surface area contributed by atoms with Crippen molar-refractivity contribution in [1.29, 1.82) is 0 Å². The van der Waals surface area contributed by atoms with Gasteiger partial charge in [-0.15, -0.1) is 40.1 Å². The summed E-state index contributed by atoms with van der Waals surface area (Å²) in [7, 11) is 0. The second-order valence-corrected chi connectivity index (χ2v) is 3.70. The zero-order valence-corrected chi connectivity index (χ0v) is 10.9. The van der Waals surface area contributed by atoms with Gasteiger partial charge >= 0.3 is 0 Å². The Morgan fingerprint density at radius 1 is 1.13 bits per heavy atom. The van der Waals surface area contributed by atoms with Crippen molar-refractivity contribution < 1.29 is 26.2 Å². The third-order valence-electron chi connectivity index (χ3n) is 2.76. The number of hydrogen-bond donors (Lipinski definition) is 0. The van der Waals surface area contributed by atoms with E-state index < -0.39 is 0 Å². The predicted octanol–water partition coefficient (Wildman–Crippen LogP) is 3.90. The molecule has 3 rings (SSSR count). The molecule has 0 nitrogen and oxygen atoms in total. The quantitative estimate of drug-likeness (QED) is 0.690. The molecule has 0 atom stereocenters. The Labute approximate surface area is 109 Å². The summed E-state index contributed by atoms with van der Waals surface area (Å²) in [6.45, 7) is 0. The minimum absolute atomic E-state index is 0. The molecule has 0 N–H and O–H groups in total. The fourth-order valence-electron chi connectivity index (χ4n) is 2.00. The van der Waals surface area contributed by atoms with Crippen LogP contribution in [0.15, 0.2) is 54.6 Å². The molecule has 0 fully saturated rings. The Balaban J connectivity index is 0.000000853. The molecule has 0 bridgehead atoms. The smallest absolute Gasteiger partial charge is 0 e. The molecule has 0 aliphatic heterocycles. The zero-order chi connectivity index (χ0) is 9.38. The molecular weight excluding hydrogens is 259 g/mol. The van der Waals surface area contributed by atoms with Gasteiger partial charge in [-0.05, 0) is 6.42 Å². The van der Waals surface area contributed by atoms with Gasteiger partial charge in [0.1, 0.15) is 0 Å². The fourth-order valence-corrected chi connectivity index (χ4v) is 2.00. The maximum Gasteiger partial charge on any atom is 0 e. The normalized spacial score (nSPS) is 14.0. The molecule has 0 heterocycles. The van der Waals surface area contributed by atoms with E-state index in [9.17, 15) is 0 Å². The van der Waals surface area contributed by atoms with Gasteiger partial charge in [0.15, 0.2) is 0 Å². The van der Waals surface area contributed by atoms with E-state index in [2.05, 4.69) is 54.6 Å². The summed E-state index contributed by atoms with van der Waals surface area (Å²) in [5.41, 5.74) is 2.80. The van der Waals surface area contributed by atoms with Crippen molar-refractivity contribution in [3.8, 4) is 0 Å². The van der Waals surface area contributed by atoms with Gasteiger partial charge in [0.05, 0.1) is 0 Å². The van der Waals surface area contributed by atoms with Gasteiger partial charge in [0, 0.05) is 26.2 Å². The van der Waals surface area contributed by atoms with Crippen LogP contribution in [0.5, 0.6) is 0 Å². The van der Waals surface area contributed by atoms with E-state index in [0.717, 1.165) is 6.42 Å². The summed E-state index contributed by atoms with van der Waals surface area (Å²) in [4.78, 5) is 0. The molecule has 0 saturated carbocycles. The second kappa shape index (κ2) is 4.37. The van der Waals surface area contributed by atoms with Crippen LogP contribution in [0.4, 0.5) is 0 Å². The number of allylic oxidation sites excluding steroid dienone is 4. The largest absolute Gasteiger partial charge is 0.145 e. The third-order valence-corrected chi connectivity index (χ3v) is 2.76. The van der Waals surface area contributed by atoms with E-state index in [0.29, 0.717) is 0 Å². The molecule has 0 unspecified atom stereocenters. The number of rotatable bonds is 1. The Bertz CT molecular complexity index is 496. The number of hydrogen-bond acceptors (Lipinski definition) is 0. The first-order valence-electron chi connectivity index (χ1n) is 4.95. The average molecular weight is 270 g/mol. The monoisotopic (exact) mass is 269 g/mol. The van der Waals surface area contributed by atoms with E-state index >= 15 is 0 Å². The Hall–Kier alpha value is -0.807. The van der Waals surface area contributed by atoms with Crippen LogP contribution in [-0.4, -0.2) is 0 Å². The van der Waals surface area contributed by atoms with E-state index in [1.807, 2.05) is 0 Å². The van der Waals surface area contributed by atoms with Gasteiger partial charge in [-0.3, -0.25) is 0 Å². The maximum absolute atomic E-state index is 2.27. The van der Waals surface area contributed by atoms with Gasteiger partial charge in [-0.2, -0.15) is 0 Å². The van der Waals surface area contributed by atoms with Crippen LogP contribution >= 0.6 is 0 Å². The number of benzene rings is 1. The van der Waals surface area contributed by atoms with Crippen molar-refractivity contribution in [1.82, 2.24) is 0 Å². The predicted molar refractivity (Wildman–Crippen MR) is 61.3 cm³/mol. The summed E-state index contributed by atoms with van der Waals surface area (Å²) in [5.74, 6) is 0. The minimum atomic E-state index is 0. The van der Waals surface area contributed by atoms with Gasteiger partial charge < -0.3 is 0 Å². The summed E-state index contributed by atoms with van der Waals surface area (Å²) < 4.78 is 0. The summed E-state index contributed by atoms with van der Waals surface area (Å²) >= 11 is 0. The summed E-state index contributed by atoms with van der Waals surface area (Å²) in [6, 6.07) is 13.1. The van der Waals surface area contributed by atoms with Crippen molar-refractivity contribution in [3.05, 3.63) is 60.2 Å². The van der Waals surface area contributed by atoms with Crippen LogP contribution in [0.3, 0.4) is 0 Å². The van der Waals surface area contributed by atoms with Gasteiger partial charge in [0.25, 0.3) is 0 Å². The first-order chi connectivity index (χ1) is 6.93. The minimum Gasteiger partial charge on any atom is -0.145 e. The first kappa shape index (κ1) is 10.7. The molecule has 0 spiro atoms. The molecule has 72 valence electrons. The van der Waals surface area contributed by atoms with Crippen LogP contribution < -0.4 is 0 Å². The zero-order valence-electron chi connectivity index (χ0n) is 8.40. The van der Waals surface area contributed by atoms with Crippen molar-refractivity contribution in [2.75, 3.05) is 0 Å². The van der Waals surface area contributed by atoms with E-state index in [4.69, 9.17) is 0 Å². The second-order valence-electron chi connectivity index (χ2n) is 3.70. The van der Waals surface area contributed by atoms with E-state index in [1.54, 1.807) is 0 Å². The van der Waals surface area contributed by atoms with Crippen LogP contribution in [0.2, 0.25) is 0 Å². The maximum atomic E-state index is 2.27. The summed E-state index contributed by atoms with van der Waals surface area (Å²) in [6.07, 6.45) is 7.62. The van der Waals surface area contributed by atoms with Crippen LogP contribution in [-0.2, 0) is 26.2 Å². The average Bonchev–Trinajstić information content (AvgIpc) is 2.86. The summed E-state index contributed by atoms with van der Waals surface area (Å²) in [5, 5.41) is 2.69. The standard InChI is InChI=1S/C14H11.Zr/c1-2-6-11(5-1)14-9-12-7-3-4-8-13(12)10-14;/h1-5,7-10H,6H2;/q-1;. The first-order valence-corrected chi connectivity index (χ1v) is 4.95. The van der Waals surface area contributed by atoms with E-state index in [1.165, 1.54) is 21.9 Å². The van der Waals surface area contributed by atoms with Gasteiger partial charge in [-0.1, -0.05) is 36.4 Å². The Kier molecular flexibility index (Phi) is 3.12. The molecule has 0 aromatic heterocycles. The Morgan fingerprint density at radius 3 is 2.73 bits per heavy atom. The van der Waals surface area contributed by atoms with Crippen molar-refractivity contribution in [2.24, 2.45) is 0 Å². The molecule has 1 heteroatoms. The van der Waals surface area contributed by atoms with Crippen molar-refractivity contribution in [3.63, 3.8) is 0 Å². The Morgan fingerprint density at radius 2 is 2.00 bits per heavy atom. The molecule has 1 aliphatic carbocycles. The van der Waals surface area contributed by atoms with Gasteiger partial charge in [-0.25, -0.2) is 0 Å². The van der Waals surface area contributed by atoms with Crippen LogP contribution in [0.1, 0.15) is 12.0 Å². The third kappa shape index (κ3) is 1.94. The van der Waals surface area contributed by atoms with Crippen molar-refractivity contribution >= 4 is 16.3 Å². The SMILES string of the molecule is C1=CCC(c2cc3ccccc3[cH-]2)=C1.[Zr].